The van der Waals surface area contributed by atoms with Gasteiger partial charge in [-0.25, -0.2) is 4.79 Å². The van der Waals surface area contributed by atoms with Crippen molar-refractivity contribution in [3.63, 3.8) is 0 Å². The Kier molecular flexibility index (Phi) is 6.21. The third-order valence-corrected chi connectivity index (χ3v) is 0.135. The van der Waals surface area contributed by atoms with Crippen molar-refractivity contribution in [2.24, 2.45) is 0 Å². The number of carbonyl (C=O) groups is 1. The standard InChI is InChI=1S/C2H4O3.CH4O3S/c3-1-2(4)5;1-5(2,3)4/h3H,1H2,(H,4,5);1H3,(H,2,3,4). The van der Waals surface area contributed by atoms with Gasteiger partial charge in [0.2, 0.25) is 0 Å². The number of rotatable bonds is 1. The van der Waals surface area contributed by atoms with Gasteiger partial charge in [-0.05, 0) is 0 Å². The third kappa shape index (κ3) is 164. The average Bonchev–Trinajstić information content (AvgIpc) is 1.61. The van der Waals surface area contributed by atoms with Gasteiger partial charge in [0, 0.05) is 0 Å². The molecule has 0 amide bonds. The molecule has 3 N–H and O–H groups in total. The van der Waals surface area contributed by atoms with Crippen LogP contribution in [0.5, 0.6) is 0 Å². The van der Waals surface area contributed by atoms with E-state index in [1.54, 1.807) is 0 Å². The maximum absolute atomic E-state index is 9.19. The summed E-state index contributed by atoms with van der Waals surface area (Å²) in [5.41, 5.74) is 0. The van der Waals surface area contributed by atoms with Crippen LogP contribution in [-0.4, -0.2) is 42.0 Å². The van der Waals surface area contributed by atoms with E-state index in [1.165, 1.54) is 0 Å². The van der Waals surface area contributed by atoms with Gasteiger partial charge in [0.15, 0.2) is 0 Å². The van der Waals surface area contributed by atoms with Crippen molar-refractivity contribution < 1.29 is 28.0 Å². The summed E-state index contributed by atoms with van der Waals surface area (Å²) in [6.07, 6.45) is 0.715. The molecule has 0 aliphatic rings. The minimum absolute atomic E-state index is 0.715. The van der Waals surface area contributed by atoms with Crippen molar-refractivity contribution in [1.82, 2.24) is 0 Å². The van der Waals surface area contributed by atoms with E-state index in [-0.39, 0.29) is 0 Å². The Hall–Kier alpha value is -0.660. The first-order valence-electron chi connectivity index (χ1n) is 2.02. The average molecular weight is 172 g/mol. The molecule has 10 heavy (non-hydrogen) atoms. The summed E-state index contributed by atoms with van der Waals surface area (Å²) in [5, 5.41) is 15.0. The van der Waals surface area contributed by atoms with Gasteiger partial charge >= 0.3 is 5.97 Å². The number of aliphatic hydroxyl groups is 1. The molecule has 6 nitrogen and oxygen atoms in total. The quantitative estimate of drug-likeness (QED) is 0.418. The number of aliphatic hydroxyl groups excluding tert-OH is 1. The first-order valence-corrected chi connectivity index (χ1v) is 3.87. The maximum Gasteiger partial charge on any atom is 0.329 e. The molecule has 0 heterocycles. The SMILES string of the molecule is CS(=O)(=O)O.O=C(O)CO. The second-order valence-corrected chi connectivity index (χ2v) is 2.75. The highest BCUT2D eigenvalue weighted by Gasteiger charge is 1.82. The fraction of sp³-hybridized carbons (Fsp3) is 0.667. The summed E-state index contributed by atoms with van der Waals surface area (Å²) in [5.74, 6) is -1.19. The molecule has 0 aromatic heterocycles. The first-order chi connectivity index (χ1) is 4.27. The van der Waals surface area contributed by atoms with E-state index in [0.717, 1.165) is 0 Å². The fourth-order valence-corrected chi connectivity index (χ4v) is 0. The van der Waals surface area contributed by atoms with Crippen LogP contribution in [0.4, 0.5) is 0 Å². The van der Waals surface area contributed by atoms with E-state index in [0.29, 0.717) is 6.26 Å². The Bertz CT molecular complexity index is 171. The van der Waals surface area contributed by atoms with Crippen LogP contribution >= 0.6 is 0 Å². The van der Waals surface area contributed by atoms with E-state index in [1.807, 2.05) is 0 Å². The lowest BCUT2D eigenvalue weighted by Crippen LogP contribution is -1.98. The van der Waals surface area contributed by atoms with Crippen LogP contribution in [0, 0.1) is 0 Å². The van der Waals surface area contributed by atoms with Gasteiger partial charge < -0.3 is 10.2 Å². The molecule has 0 fully saturated rings. The highest BCUT2D eigenvalue weighted by Crippen LogP contribution is 1.60. The Morgan fingerprint density at radius 3 is 1.60 bits per heavy atom. The van der Waals surface area contributed by atoms with Gasteiger partial charge in [-0.15, -0.1) is 0 Å². The van der Waals surface area contributed by atoms with Gasteiger partial charge in [0.25, 0.3) is 10.1 Å². The molecule has 0 aromatic rings. The number of carboxylic acids is 1. The van der Waals surface area contributed by atoms with Crippen molar-refractivity contribution in [3.05, 3.63) is 0 Å². The fourth-order valence-electron chi connectivity index (χ4n) is 0. The maximum atomic E-state index is 9.19. The Morgan fingerprint density at radius 1 is 1.50 bits per heavy atom. The monoisotopic (exact) mass is 172 g/mol. The van der Waals surface area contributed by atoms with E-state index in [9.17, 15) is 8.42 Å². The molecule has 0 aliphatic heterocycles. The summed E-state index contributed by atoms with van der Waals surface area (Å²) in [6.45, 7) is -0.778. The molecule has 0 saturated heterocycles. The lowest BCUT2D eigenvalue weighted by atomic mass is 10.8. The molecular formula is C3H8O6S. The van der Waals surface area contributed by atoms with Crippen LogP contribution in [-0.2, 0) is 14.9 Å². The highest BCUT2D eigenvalue weighted by atomic mass is 32.2. The van der Waals surface area contributed by atoms with E-state index in [4.69, 9.17) is 19.6 Å². The molecule has 0 radical (unpaired) electrons. The number of hydrogen-bond acceptors (Lipinski definition) is 4. The van der Waals surface area contributed by atoms with Gasteiger partial charge in [0.05, 0.1) is 6.26 Å². The summed E-state index contributed by atoms with van der Waals surface area (Å²) < 4.78 is 25.9. The van der Waals surface area contributed by atoms with Crippen LogP contribution in [0.15, 0.2) is 0 Å². The Labute approximate surface area is 57.9 Å². The van der Waals surface area contributed by atoms with Crippen LogP contribution in [0.3, 0.4) is 0 Å². The molecule has 62 valence electrons. The molecule has 0 atom stereocenters. The van der Waals surface area contributed by atoms with E-state index < -0.39 is 22.7 Å². The second-order valence-electron chi connectivity index (χ2n) is 1.28. The summed E-state index contributed by atoms with van der Waals surface area (Å²) in [6, 6.07) is 0. The third-order valence-electron chi connectivity index (χ3n) is 0.135. The minimum Gasteiger partial charge on any atom is -0.480 e. The number of carboxylic acid groups (broad SMARTS) is 1. The van der Waals surface area contributed by atoms with Gasteiger partial charge in [-0.1, -0.05) is 0 Å². The van der Waals surface area contributed by atoms with Crippen LogP contribution < -0.4 is 0 Å². The van der Waals surface area contributed by atoms with Gasteiger partial charge in [-0.2, -0.15) is 8.42 Å². The predicted molar refractivity (Wildman–Crippen MR) is 32.2 cm³/mol. The van der Waals surface area contributed by atoms with E-state index >= 15 is 0 Å². The summed E-state index contributed by atoms with van der Waals surface area (Å²) in [7, 11) is -3.67. The number of hydrogen-bond donors (Lipinski definition) is 3. The van der Waals surface area contributed by atoms with Gasteiger partial charge in [0.1, 0.15) is 6.61 Å². The second kappa shape index (κ2) is 5.15. The largest absolute Gasteiger partial charge is 0.480 e. The zero-order chi connectivity index (χ0) is 8.78. The lowest BCUT2D eigenvalue weighted by Gasteiger charge is -1.72. The molecule has 7 heteroatoms. The summed E-state index contributed by atoms with van der Waals surface area (Å²) >= 11 is 0. The molecule has 0 aliphatic carbocycles. The summed E-state index contributed by atoms with van der Waals surface area (Å²) in [4.78, 5) is 9.12. The molecule has 0 rings (SSSR count). The van der Waals surface area contributed by atoms with Gasteiger partial charge in [-0.3, -0.25) is 4.55 Å². The molecular weight excluding hydrogens is 164 g/mol. The Balaban J connectivity index is 0. The molecule has 0 spiro atoms. The van der Waals surface area contributed by atoms with Crippen molar-refractivity contribution in [2.45, 2.75) is 0 Å². The topological polar surface area (TPSA) is 112 Å². The zero-order valence-electron chi connectivity index (χ0n) is 5.18. The lowest BCUT2D eigenvalue weighted by molar-refractivity contribution is -0.140. The first kappa shape index (κ1) is 12.1. The van der Waals surface area contributed by atoms with Crippen molar-refractivity contribution in [3.8, 4) is 0 Å². The molecule has 0 saturated carbocycles. The molecule has 0 unspecified atom stereocenters. The Morgan fingerprint density at radius 2 is 1.60 bits per heavy atom. The predicted octanol–water partition coefficient (Wildman–Crippen LogP) is -1.43. The van der Waals surface area contributed by atoms with Crippen molar-refractivity contribution in [2.75, 3.05) is 12.9 Å². The normalized spacial score (nSPS) is 9.50. The molecule has 0 bridgehead atoms. The van der Waals surface area contributed by atoms with Crippen LogP contribution in [0.25, 0.3) is 0 Å². The highest BCUT2D eigenvalue weighted by molar-refractivity contribution is 7.85. The van der Waals surface area contributed by atoms with Crippen molar-refractivity contribution in [1.29, 1.82) is 0 Å². The zero-order valence-corrected chi connectivity index (χ0v) is 6.00. The van der Waals surface area contributed by atoms with Crippen LogP contribution in [0.1, 0.15) is 0 Å². The van der Waals surface area contributed by atoms with E-state index in [2.05, 4.69) is 0 Å². The smallest absolute Gasteiger partial charge is 0.329 e. The number of aliphatic carboxylic acids is 1. The van der Waals surface area contributed by atoms with Crippen molar-refractivity contribution >= 4 is 16.1 Å². The molecule has 0 aromatic carbocycles. The minimum atomic E-state index is -3.67. The van der Waals surface area contributed by atoms with Crippen LogP contribution in [0.2, 0.25) is 0 Å².